The number of rotatable bonds is 8. The lowest BCUT2D eigenvalue weighted by Crippen LogP contribution is -2.60. The van der Waals surface area contributed by atoms with Crippen molar-refractivity contribution in [2.75, 3.05) is 20.3 Å². The minimum atomic E-state index is -1.68. The minimum Gasteiger partial charge on any atom is -0.507 e. The average Bonchev–Trinajstić information content (AvgIpc) is 3.01. The summed E-state index contributed by atoms with van der Waals surface area (Å²) in [6.45, 7) is -1.31. The maximum Gasteiger partial charge on any atom is 0.229 e. The van der Waals surface area contributed by atoms with E-state index in [0.29, 0.717) is 0 Å². The van der Waals surface area contributed by atoms with Crippen LogP contribution in [0.1, 0.15) is 0 Å². The molecule has 0 bridgehead atoms. The molecule has 3 aromatic rings. The van der Waals surface area contributed by atoms with E-state index in [2.05, 4.69) is 0 Å². The van der Waals surface area contributed by atoms with E-state index < -0.39 is 85.8 Å². The maximum atomic E-state index is 13.6. The number of hydrogen-bond donors (Lipinski definition) is 9. The van der Waals surface area contributed by atoms with E-state index in [-0.39, 0.29) is 39.3 Å². The van der Waals surface area contributed by atoms with Gasteiger partial charge in [0.2, 0.25) is 18.0 Å². The number of ether oxygens (including phenoxy) is 5. The van der Waals surface area contributed by atoms with Gasteiger partial charge < -0.3 is 74.1 Å². The molecule has 2 saturated heterocycles. The number of phenols is 1. The van der Waals surface area contributed by atoms with Crippen molar-refractivity contribution in [3.05, 3.63) is 46.8 Å². The number of methoxy groups -OCH3 is 1. The molecule has 9 N–H and O–H groups in total. The Balaban J connectivity index is 1.41. The number of aromatic hydroxyl groups is 1. The average molecular weight is 625 g/mol. The standard InChI is InChI=1S/C28H32O16/c1-39-15-5-11(42-28-26(38)24(36)22(34)18(8-30)44-28)6-16-19(15)20(32)13(9-40-16)12-3-2-10(4-14(12)31)41-27-25(37)23(35)21(33)17(7-29)43-27/h2-6,9,17-18,21-31,33-38H,7-8H2,1H3/t17-,18-,21-,22-,23+,24+,25-,26-,27-,28-/m1/s1. The monoisotopic (exact) mass is 624 g/mol. The van der Waals surface area contributed by atoms with Crippen LogP contribution in [0.4, 0.5) is 0 Å². The second kappa shape index (κ2) is 12.8. The Morgan fingerprint density at radius 2 is 1.30 bits per heavy atom. The highest BCUT2D eigenvalue weighted by molar-refractivity contribution is 5.89. The highest BCUT2D eigenvalue weighted by atomic mass is 16.7. The number of hydrogen-bond acceptors (Lipinski definition) is 16. The van der Waals surface area contributed by atoms with Gasteiger partial charge in [-0.2, -0.15) is 0 Å². The van der Waals surface area contributed by atoms with Crippen LogP contribution in [0.5, 0.6) is 23.0 Å². The summed E-state index contributed by atoms with van der Waals surface area (Å²) in [5.41, 5.74) is -0.666. The molecule has 240 valence electrons. The first kappa shape index (κ1) is 31.9. The van der Waals surface area contributed by atoms with Crippen molar-refractivity contribution in [3.8, 4) is 34.1 Å². The van der Waals surface area contributed by atoms with Crippen molar-refractivity contribution < 1.29 is 74.1 Å². The summed E-state index contributed by atoms with van der Waals surface area (Å²) in [6.07, 6.45) is -14.2. The number of aliphatic hydroxyl groups excluding tert-OH is 8. The van der Waals surface area contributed by atoms with Crippen LogP contribution in [0.3, 0.4) is 0 Å². The van der Waals surface area contributed by atoms with Gasteiger partial charge in [0.25, 0.3) is 0 Å². The van der Waals surface area contributed by atoms with E-state index in [1.54, 1.807) is 0 Å². The Morgan fingerprint density at radius 1 is 0.727 bits per heavy atom. The number of phenolic OH excluding ortho intramolecular Hbond substituents is 1. The fraction of sp³-hybridized carbons (Fsp3) is 0.464. The van der Waals surface area contributed by atoms with Crippen LogP contribution in [0, 0.1) is 0 Å². The van der Waals surface area contributed by atoms with Gasteiger partial charge in [-0.05, 0) is 12.1 Å². The maximum absolute atomic E-state index is 13.6. The van der Waals surface area contributed by atoms with Crippen LogP contribution in [-0.4, -0.2) is 128 Å². The Labute approximate surface area is 248 Å². The van der Waals surface area contributed by atoms with Crippen molar-refractivity contribution in [2.24, 2.45) is 0 Å². The van der Waals surface area contributed by atoms with E-state index in [0.717, 1.165) is 12.3 Å². The van der Waals surface area contributed by atoms with Crippen LogP contribution in [0.2, 0.25) is 0 Å². The molecule has 2 aromatic carbocycles. The van der Waals surface area contributed by atoms with E-state index in [4.69, 9.17) is 28.1 Å². The summed E-state index contributed by atoms with van der Waals surface area (Å²) in [6, 6.07) is 6.38. The zero-order chi connectivity index (χ0) is 31.9. The molecule has 1 aromatic heterocycles. The van der Waals surface area contributed by atoms with Gasteiger partial charge in [0.15, 0.2) is 0 Å². The first-order chi connectivity index (χ1) is 21.0. The van der Waals surface area contributed by atoms with E-state index in [1.165, 1.54) is 31.4 Å². The van der Waals surface area contributed by atoms with Crippen molar-refractivity contribution in [2.45, 2.75) is 61.4 Å². The molecule has 0 amide bonds. The first-order valence-electron chi connectivity index (χ1n) is 13.4. The zero-order valence-corrected chi connectivity index (χ0v) is 23.0. The van der Waals surface area contributed by atoms with Gasteiger partial charge in [0.1, 0.15) is 89.1 Å². The van der Waals surface area contributed by atoms with Gasteiger partial charge in [0.05, 0.1) is 25.9 Å². The topological polar surface area (TPSA) is 258 Å². The van der Waals surface area contributed by atoms with E-state index in [1.807, 2.05) is 0 Å². The molecular weight excluding hydrogens is 592 g/mol. The summed E-state index contributed by atoms with van der Waals surface area (Å²) in [5, 5.41) is 89.9. The number of benzene rings is 2. The lowest BCUT2D eigenvalue weighted by molar-refractivity contribution is -0.277. The van der Waals surface area contributed by atoms with E-state index >= 15 is 0 Å². The first-order valence-corrected chi connectivity index (χ1v) is 13.4. The molecule has 5 rings (SSSR count). The minimum absolute atomic E-state index is 0.00729. The van der Waals surface area contributed by atoms with Gasteiger partial charge >= 0.3 is 0 Å². The van der Waals surface area contributed by atoms with Crippen molar-refractivity contribution >= 4 is 11.0 Å². The molecule has 2 fully saturated rings. The highest BCUT2D eigenvalue weighted by Gasteiger charge is 2.46. The fourth-order valence-corrected chi connectivity index (χ4v) is 5.02. The molecule has 16 heteroatoms. The van der Waals surface area contributed by atoms with Crippen LogP contribution < -0.4 is 19.6 Å². The van der Waals surface area contributed by atoms with Gasteiger partial charge in [-0.15, -0.1) is 0 Å². The third kappa shape index (κ3) is 5.80. The Bertz CT molecular complexity index is 1520. The highest BCUT2D eigenvalue weighted by Crippen LogP contribution is 2.36. The molecule has 0 radical (unpaired) electrons. The second-order valence-electron chi connectivity index (χ2n) is 10.3. The molecule has 0 unspecified atom stereocenters. The lowest BCUT2D eigenvalue weighted by atomic mass is 9.99. The molecule has 10 atom stereocenters. The lowest BCUT2D eigenvalue weighted by Gasteiger charge is -2.39. The third-order valence-corrected chi connectivity index (χ3v) is 7.50. The normalized spacial score (nSPS) is 32.4. The number of aliphatic hydroxyl groups is 8. The van der Waals surface area contributed by atoms with Gasteiger partial charge in [0, 0.05) is 23.8 Å². The molecule has 16 nitrogen and oxygen atoms in total. The summed E-state index contributed by atoms with van der Waals surface area (Å²) in [4.78, 5) is 13.6. The van der Waals surface area contributed by atoms with E-state index in [9.17, 15) is 50.8 Å². The molecule has 0 saturated carbocycles. The zero-order valence-electron chi connectivity index (χ0n) is 23.0. The van der Waals surface area contributed by atoms with Gasteiger partial charge in [-0.1, -0.05) is 0 Å². The van der Waals surface area contributed by atoms with Crippen LogP contribution in [-0.2, 0) is 9.47 Å². The third-order valence-electron chi connectivity index (χ3n) is 7.50. The molecular formula is C28H32O16. The van der Waals surface area contributed by atoms with Crippen LogP contribution in [0.25, 0.3) is 22.1 Å². The van der Waals surface area contributed by atoms with Gasteiger partial charge in [-0.3, -0.25) is 4.79 Å². The summed E-state index contributed by atoms with van der Waals surface area (Å²) >= 11 is 0. The Hall–Kier alpha value is -3.55. The Kier molecular flexibility index (Phi) is 9.28. The quantitative estimate of drug-likeness (QED) is 0.126. The molecule has 0 spiro atoms. The molecule has 0 aliphatic carbocycles. The molecule has 44 heavy (non-hydrogen) atoms. The smallest absolute Gasteiger partial charge is 0.229 e. The van der Waals surface area contributed by atoms with Gasteiger partial charge in [-0.25, -0.2) is 0 Å². The Morgan fingerprint density at radius 3 is 1.82 bits per heavy atom. The van der Waals surface area contributed by atoms with Crippen molar-refractivity contribution in [1.82, 2.24) is 0 Å². The predicted octanol–water partition coefficient (Wildman–Crippen LogP) is -2.47. The van der Waals surface area contributed by atoms with Crippen LogP contribution in [0.15, 0.2) is 45.8 Å². The summed E-state index contributed by atoms with van der Waals surface area (Å²) in [5.74, 6) is -0.486. The largest absolute Gasteiger partial charge is 0.507 e. The number of fused-ring (bicyclic) bond motifs is 1. The SMILES string of the molecule is COc1cc(O[C@@H]2O[C@H](CO)[C@@H](O)[C@H](O)[C@H]2O)cc2occ(-c3ccc(O[C@@H]4O[C@H](CO)[C@@H](O)[C@H](O)[C@H]4O)cc3O)c(=O)c12. The van der Waals surface area contributed by atoms with Crippen LogP contribution >= 0.6 is 0 Å². The molecule has 2 aliphatic rings. The second-order valence-corrected chi connectivity index (χ2v) is 10.3. The summed E-state index contributed by atoms with van der Waals surface area (Å²) < 4.78 is 32.8. The predicted molar refractivity (Wildman–Crippen MR) is 145 cm³/mol. The molecule has 2 aliphatic heterocycles. The fourth-order valence-electron chi connectivity index (χ4n) is 5.02. The molecule has 3 heterocycles. The van der Waals surface area contributed by atoms with Crippen molar-refractivity contribution in [3.63, 3.8) is 0 Å². The summed E-state index contributed by atoms with van der Waals surface area (Å²) in [7, 11) is 1.28. The van der Waals surface area contributed by atoms with Crippen molar-refractivity contribution in [1.29, 1.82) is 0 Å².